The Morgan fingerprint density at radius 2 is 1.37 bits per heavy atom. The number of nitrogens with one attached hydrogen (secondary N) is 3. The molecule has 3 amide bonds. The molecule has 0 aliphatic rings. The second-order valence-electron chi connectivity index (χ2n) is 10.8. The van der Waals surface area contributed by atoms with Crippen LogP contribution in [0.1, 0.15) is 55.2 Å². The first-order valence-corrected chi connectivity index (χ1v) is 15.9. The molecule has 46 heavy (non-hydrogen) atoms. The van der Waals surface area contributed by atoms with Gasteiger partial charge in [0.05, 0.1) is 45.3 Å². The molecule has 0 aliphatic carbocycles. The van der Waals surface area contributed by atoms with Crippen molar-refractivity contribution in [3.05, 3.63) is 71.3 Å². The van der Waals surface area contributed by atoms with E-state index in [1.165, 1.54) is 11.1 Å². The van der Waals surface area contributed by atoms with Gasteiger partial charge in [0, 0.05) is 20.2 Å². The number of hydrogen-bond acceptors (Lipinski definition) is 9. The van der Waals surface area contributed by atoms with Gasteiger partial charge < -0.3 is 35.4 Å². The fourth-order valence-corrected chi connectivity index (χ4v) is 4.36. The first-order valence-electron chi connectivity index (χ1n) is 15.9. The van der Waals surface area contributed by atoms with E-state index >= 15 is 0 Å². The molecular formula is C34H50N4O8. The Balaban J connectivity index is 1.46. The lowest BCUT2D eigenvalue weighted by atomic mass is 10.0. The van der Waals surface area contributed by atoms with Crippen molar-refractivity contribution in [2.75, 3.05) is 53.2 Å². The molecule has 2 rings (SSSR count). The summed E-state index contributed by atoms with van der Waals surface area (Å²) in [6.45, 7) is 2.12. The predicted molar refractivity (Wildman–Crippen MR) is 173 cm³/mol. The number of carbonyl (C=O) groups is 4. The third-order valence-electron chi connectivity index (χ3n) is 6.96. The van der Waals surface area contributed by atoms with Crippen LogP contribution >= 0.6 is 0 Å². The number of nitrogens with two attached hydrogens (primary N) is 1. The van der Waals surface area contributed by atoms with Crippen LogP contribution in [0.25, 0.3) is 0 Å². The van der Waals surface area contributed by atoms with Gasteiger partial charge >= 0.3 is 5.97 Å². The molecule has 1 atom stereocenters. The van der Waals surface area contributed by atoms with E-state index in [9.17, 15) is 19.2 Å². The van der Waals surface area contributed by atoms with E-state index in [0.29, 0.717) is 52.2 Å². The van der Waals surface area contributed by atoms with Gasteiger partial charge in [-0.2, -0.15) is 5.48 Å². The molecule has 5 N–H and O–H groups in total. The van der Waals surface area contributed by atoms with Crippen molar-refractivity contribution >= 4 is 23.7 Å². The predicted octanol–water partition coefficient (Wildman–Crippen LogP) is 2.17. The first-order chi connectivity index (χ1) is 22.4. The lowest BCUT2D eigenvalue weighted by molar-refractivity contribution is -0.158. The second-order valence-corrected chi connectivity index (χ2v) is 10.8. The number of hydroxylamine groups is 1. The second kappa shape index (κ2) is 24.4. The molecule has 12 nitrogen and oxygen atoms in total. The molecule has 2 aromatic rings. The minimum atomic E-state index is -0.742. The highest BCUT2D eigenvalue weighted by Gasteiger charge is 2.14. The van der Waals surface area contributed by atoms with E-state index < -0.39 is 17.9 Å². The summed E-state index contributed by atoms with van der Waals surface area (Å²) in [5, 5.41) is 5.34. The monoisotopic (exact) mass is 642 g/mol. The average molecular weight is 643 g/mol. The van der Waals surface area contributed by atoms with E-state index in [-0.39, 0.29) is 37.8 Å². The van der Waals surface area contributed by atoms with Gasteiger partial charge in [-0.15, -0.1) is 0 Å². The quantitative estimate of drug-likeness (QED) is 0.0991. The summed E-state index contributed by atoms with van der Waals surface area (Å²) in [5.74, 6) is -1.73. The van der Waals surface area contributed by atoms with Crippen molar-refractivity contribution in [1.82, 2.24) is 16.1 Å². The van der Waals surface area contributed by atoms with E-state index in [2.05, 4.69) is 40.4 Å². The molecule has 0 spiro atoms. The van der Waals surface area contributed by atoms with E-state index in [1.54, 1.807) is 7.11 Å². The summed E-state index contributed by atoms with van der Waals surface area (Å²) in [6.07, 6.45) is 5.90. The Labute approximate surface area is 272 Å². The van der Waals surface area contributed by atoms with Gasteiger partial charge in [0.25, 0.3) is 5.91 Å². The SMILES string of the molecule is COCCOCCOCC(=O)NCCCCC(N)C(=O)NCCC(=O)ONC(=O)Cc1ccc(CCCCc2ccccc2)cc1. The zero-order chi connectivity index (χ0) is 33.2. The van der Waals surface area contributed by atoms with Crippen molar-refractivity contribution in [3.63, 3.8) is 0 Å². The topological polar surface area (TPSA) is 167 Å². The summed E-state index contributed by atoms with van der Waals surface area (Å²) < 4.78 is 15.3. The Kier molecular flexibility index (Phi) is 20.3. The zero-order valence-corrected chi connectivity index (χ0v) is 26.9. The Morgan fingerprint density at radius 1 is 0.717 bits per heavy atom. The molecular weight excluding hydrogens is 592 g/mol. The smallest absolute Gasteiger partial charge is 0.334 e. The van der Waals surface area contributed by atoms with Crippen LogP contribution in [0.15, 0.2) is 54.6 Å². The summed E-state index contributed by atoms with van der Waals surface area (Å²) >= 11 is 0. The van der Waals surface area contributed by atoms with E-state index in [0.717, 1.165) is 31.2 Å². The largest absolute Gasteiger partial charge is 0.382 e. The highest BCUT2D eigenvalue weighted by molar-refractivity contribution is 5.82. The maximum absolute atomic E-state index is 12.2. The highest BCUT2D eigenvalue weighted by atomic mass is 16.7. The van der Waals surface area contributed by atoms with Gasteiger partial charge in [-0.25, -0.2) is 4.79 Å². The maximum atomic E-state index is 12.2. The summed E-state index contributed by atoms with van der Waals surface area (Å²) in [5.41, 5.74) is 11.5. The standard InChI is InChI=1S/C34H50N4O8/c1-43-21-22-44-23-24-45-26-32(40)36-19-8-7-13-30(35)34(42)37-20-18-33(41)46-38-31(39)25-29-16-14-28(15-17-29)12-6-5-11-27-9-3-2-4-10-27/h2-4,9-10,14-17,30H,5-8,11-13,18-26,35H2,1H3,(H,36,40)(H,37,42)(H,38,39). The highest BCUT2D eigenvalue weighted by Crippen LogP contribution is 2.11. The van der Waals surface area contributed by atoms with Crippen LogP contribution in [0.4, 0.5) is 0 Å². The molecule has 0 saturated carbocycles. The van der Waals surface area contributed by atoms with Gasteiger partial charge in [0.1, 0.15) is 6.61 Å². The van der Waals surface area contributed by atoms with Crippen LogP contribution in [0.2, 0.25) is 0 Å². The molecule has 0 bridgehead atoms. The van der Waals surface area contributed by atoms with Crippen molar-refractivity contribution in [2.24, 2.45) is 5.73 Å². The van der Waals surface area contributed by atoms with Gasteiger partial charge in [0.2, 0.25) is 11.8 Å². The summed E-state index contributed by atoms with van der Waals surface area (Å²) in [7, 11) is 1.59. The molecule has 0 saturated heterocycles. The van der Waals surface area contributed by atoms with Crippen molar-refractivity contribution in [3.8, 4) is 0 Å². The number of unbranched alkanes of at least 4 members (excludes halogenated alkanes) is 2. The van der Waals surface area contributed by atoms with Gasteiger partial charge in [-0.05, 0) is 61.6 Å². The van der Waals surface area contributed by atoms with E-state index in [1.807, 2.05) is 30.3 Å². The maximum Gasteiger partial charge on any atom is 0.334 e. The summed E-state index contributed by atoms with van der Waals surface area (Å²) in [6, 6.07) is 17.5. The number of aryl methyl sites for hydroxylation is 2. The molecule has 0 heterocycles. The van der Waals surface area contributed by atoms with Crippen LogP contribution in [-0.4, -0.2) is 83.0 Å². The number of methoxy groups -OCH3 is 1. The minimum absolute atomic E-state index is 0.0293. The molecule has 0 fully saturated rings. The fourth-order valence-electron chi connectivity index (χ4n) is 4.36. The van der Waals surface area contributed by atoms with Crippen LogP contribution in [-0.2, 0) is 57.5 Å². The molecule has 1 unspecified atom stereocenters. The first kappa shape index (κ1) is 38.3. The van der Waals surface area contributed by atoms with Gasteiger partial charge in [0.15, 0.2) is 0 Å². The minimum Gasteiger partial charge on any atom is -0.382 e. The average Bonchev–Trinajstić information content (AvgIpc) is 3.06. The van der Waals surface area contributed by atoms with Crippen LogP contribution in [0, 0.1) is 0 Å². The van der Waals surface area contributed by atoms with Gasteiger partial charge in [-0.3, -0.25) is 14.4 Å². The lowest BCUT2D eigenvalue weighted by Gasteiger charge is -2.12. The molecule has 2 aromatic carbocycles. The number of ether oxygens (including phenoxy) is 3. The third-order valence-corrected chi connectivity index (χ3v) is 6.96. The molecule has 254 valence electrons. The van der Waals surface area contributed by atoms with Crippen molar-refractivity contribution in [2.45, 2.75) is 63.8 Å². The molecule has 12 heteroatoms. The Hall–Kier alpha value is -3.84. The Bertz CT molecular complexity index is 1150. The number of rotatable bonds is 24. The zero-order valence-electron chi connectivity index (χ0n) is 26.9. The van der Waals surface area contributed by atoms with Gasteiger partial charge in [-0.1, -0.05) is 54.6 Å². The molecule has 0 aliphatic heterocycles. The number of amides is 3. The van der Waals surface area contributed by atoms with Crippen LogP contribution in [0.5, 0.6) is 0 Å². The lowest BCUT2D eigenvalue weighted by Crippen LogP contribution is -2.41. The van der Waals surface area contributed by atoms with Crippen LogP contribution in [0.3, 0.4) is 0 Å². The summed E-state index contributed by atoms with van der Waals surface area (Å²) in [4.78, 5) is 52.9. The molecule has 0 aromatic heterocycles. The third kappa shape index (κ3) is 18.8. The number of benzene rings is 2. The normalized spacial score (nSPS) is 11.4. The van der Waals surface area contributed by atoms with Crippen LogP contribution < -0.4 is 21.8 Å². The van der Waals surface area contributed by atoms with Crippen molar-refractivity contribution in [1.29, 1.82) is 0 Å². The number of carbonyl (C=O) groups excluding carboxylic acids is 4. The molecule has 0 radical (unpaired) electrons. The van der Waals surface area contributed by atoms with Crippen molar-refractivity contribution < 1.29 is 38.2 Å². The number of hydrogen-bond donors (Lipinski definition) is 4. The van der Waals surface area contributed by atoms with E-state index in [4.69, 9.17) is 24.8 Å². The Morgan fingerprint density at radius 3 is 2.09 bits per heavy atom. The fraction of sp³-hybridized carbons (Fsp3) is 0.529.